The van der Waals surface area contributed by atoms with E-state index in [2.05, 4.69) is 72.8 Å². The van der Waals surface area contributed by atoms with E-state index in [0.29, 0.717) is 11.1 Å². The largest absolute Gasteiger partial charge is 0.507 e. The summed E-state index contributed by atoms with van der Waals surface area (Å²) >= 11 is 0. The maximum absolute atomic E-state index is 12.0. The molecule has 1 aliphatic rings. The van der Waals surface area contributed by atoms with Gasteiger partial charge in [-0.15, -0.1) is 0 Å². The van der Waals surface area contributed by atoms with E-state index in [-0.39, 0.29) is 40.7 Å². The maximum atomic E-state index is 12.0. The van der Waals surface area contributed by atoms with Crippen molar-refractivity contribution in [2.45, 2.75) is 37.8 Å². The van der Waals surface area contributed by atoms with Crippen LogP contribution in [0.25, 0.3) is 66.1 Å². The van der Waals surface area contributed by atoms with Crippen LogP contribution in [0.1, 0.15) is 36.8 Å². The summed E-state index contributed by atoms with van der Waals surface area (Å²) in [6, 6.07) is 57.6. The summed E-state index contributed by atoms with van der Waals surface area (Å²) in [5, 5.41) is 28.1. The van der Waals surface area contributed by atoms with Crippen molar-refractivity contribution in [2.24, 2.45) is 9.98 Å². The molecule has 0 aliphatic heterocycles. The van der Waals surface area contributed by atoms with E-state index in [0.717, 1.165) is 91.7 Å². The van der Waals surface area contributed by atoms with Gasteiger partial charge in [0.25, 0.3) is 0 Å². The Morgan fingerprint density at radius 2 is 0.750 bits per heavy atom. The molecule has 0 heterocycles. The minimum atomic E-state index is -10.7. The van der Waals surface area contributed by atoms with Crippen molar-refractivity contribution in [3.05, 3.63) is 181 Å². The third-order valence-corrected chi connectivity index (χ3v) is 11.2. The summed E-state index contributed by atoms with van der Waals surface area (Å²) in [5.41, 5.74) is 9.25. The fourth-order valence-electron chi connectivity index (χ4n) is 8.39. The van der Waals surface area contributed by atoms with Crippen LogP contribution >= 0.6 is 7.81 Å². The van der Waals surface area contributed by atoms with Gasteiger partial charge in [-0.25, -0.2) is 0 Å². The van der Waals surface area contributed by atoms with E-state index in [4.69, 9.17) is 9.98 Å². The van der Waals surface area contributed by atoms with Crippen molar-refractivity contribution in [3.63, 3.8) is 0 Å². The van der Waals surface area contributed by atoms with Crippen LogP contribution < -0.4 is 0 Å². The molecule has 0 aromatic heterocycles. The Hall–Kier alpha value is -6.25. The predicted octanol–water partition coefficient (Wildman–Crippen LogP) is 16.3. The Kier molecular flexibility index (Phi) is 12.9. The fourth-order valence-corrected chi connectivity index (χ4v) is 8.39. The molecule has 12 heteroatoms. The quantitative estimate of drug-likeness (QED) is 0.0690. The second-order valence-corrected chi connectivity index (χ2v) is 17.5. The zero-order valence-corrected chi connectivity index (χ0v) is 36.3. The summed E-state index contributed by atoms with van der Waals surface area (Å²) in [6.07, 6.45) is 7.62. The molecular formula is C52H42F6MnN2O2P-. The molecule has 0 unspecified atom stereocenters. The van der Waals surface area contributed by atoms with Crippen LogP contribution in [0.5, 0.6) is 11.5 Å². The number of rotatable bonds is 8. The second kappa shape index (κ2) is 18.1. The van der Waals surface area contributed by atoms with Crippen LogP contribution in [0.2, 0.25) is 0 Å². The SMILES string of the molecule is F[P-](F)(F)(F)(F)F.Oc1c(C=N[C@@H]2CCCC[C@H]2N=Cc2cc3ccccc3c(-c3ccccc3-c3ccccc3)c2O)cc2ccccc2c1-c1ccccc1-c1ccccc1.[Mn]. The Labute approximate surface area is 377 Å². The van der Waals surface area contributed by atoms with Crippen LogP contribution in [0.3, 0.4) is 0 Å². The molecule has 1 fully saturated rings. The number of hydrogen-bond acceptors (Lipinski definition) is 4. The third-order valence-electron chi connectivity index (χ3n) is 11.2. The summed E-state index contributed by atoms with van der Waals surface area (Å²) in [6.45, 7) is 0. The summed E-state index contributed by atoms with van der Waals surface area (Å²) in [7, 11) is -10.7. The Bertz CT molecular complexity index is 2800. The number of nitrogens with zero attached hydrogens (tertiary/aromatic N) is 2. The topological polar surface area (TPSA) is 65.2 Å². The molecule has 8 aromatic rings. The first kappa shape index (κ1) is 45.8. The van der Waals surface area contributed by atoms with Gasteiger partial charge < -0.3 is 10.2 Å². The standard InChI is InChI=1S/C52H42N2O2.F6P.Mn/c55-51-39(31-37-21-7-9-25-43(37)49(51)45-27-13-11-23-41(45)35-17-3-1-4-18-35)33-53-47-29-15-16-30-48(47)54-34-40-32-38-22-8-10-26-44(38)50(52(40)56)46-28-14-12-24-42(46)36-19-5-2-6-20-36;1-7(2,3,4,5)6;/h1-14,17-28,31-34,47-48,55-56H,15-16,29-30H2;;/q;-1;/t47-,48-;;/m1../s1. The number of benzene rings is 8. The number of phenolic OH excluding ortho intramolecular Hbond substituents is 2. The van der Waals surface area contributed by atoms with Gasteiger partial charge in [0, 0.05) is 51.8 Å². The van der Waals surface area contributed by atoms with Gasteiger partial charge in [0.15, 0.2) is 0 Å². The molecule has 2 N–H and O–H groups in total. The molecule has 2 atom stereocenters. The predicted molar refractivity (Wildman–Crippen MR) is 248 cm³/mol. The average molecular weight is 927 g/mol. The normalized spacial score (nSPS) is 16.5. The van der Waals surface area contributed by atoms with E-state index < -0.39 is 7.81 Å². The summed E-state index contributed by atoms with van der Waals surface area (Å²) in [5.74, 6) is 0.437. The number of hydrogen-bond donors (Lipinski definition) is 2. The van der Waals surface area contributed by atoms with Crippen LogP contribution in [0.15, 0.2) is 180 Å². The van der Waals surface area contributed by atoms with Gasteiger partial charge in [-0.1, -0.05) is 171 Å². The van der Waals surface area contributed by atoms with Crippen molar-refractivity contribution in [3.8, 4) is 56.0 Å². The van der Waals surface area contributed by atoms with Gasteiger partial charge in [-0.3, -0.25) is 9.98 Å². The molecule has 64 heavy (non-hydrogen) atoms. The summed E-state index contributed by atoms with van der Waals surface area (Å²) in [4.78, 5) is 10.3. The van der Waals surface area contributed by atoms with Crippen molar-refractivity contribution in [1.82, 2.24) is 0 Å². The molecule has 4 nitrogen and oxygen atoms in total. The van der Waals surface area contributed by atoms with Crippen molar-refractivity contribution < 1.29 is 52.5 Å². The van der Waals surface area contributed by atoms with Crippen LogP contribution in [0.4, 0.5) is 25.2 Å². The van der Waals surface area contributed by atoms with Gasteiger partial charge in [-0.2, -0.15) is 0 Å². The van der Waals surface area contributed by atoms with E-state index >= 15 is 0 Å². The zero-order chi connectivity index (χ0) is 44.3. The second-order valence-electron chi connectivity index (χ2n) is 15.6. The minimum absolute atomic E-state index is 0. The molecule has 0 amide bonds. The van der Waals surface area contributed by atoms with E-state index in [9.17, 15) is 35.4 Å². The molecule has 9 rings (SSSR count). The number of aliphatic imine (C=N–C) groups is 2. The molecule has 0 saturated heterocycles. The number of aromatic hydroxyl groups is 2. The molecule has 1 radical (unpaired) electrons. The minimum Gasteiger partial charge on any atom is -0.507 e. The maximum Gasteiger partial charge on any atom is 0.132 e. The van der Waals surface area contributed by atoms with Crippen LogP contribution in [-0.2, 0) is 17.1 Å². The van der Waals surface area contributed by atoms with Gasteiger partial charge in [0.2, 0.25) is 0 Å². The Morgan fingerprint density at radius 1 is 0.438 bits per heavy atom. The van der Waals surface area contributed by atoms with Crippen molar-refractivity contribution in [1.29, 1.82) is 0 Å². The molecule has 0 spiro atoms. The number of fused-ring (bicyclic) bond motifs is 2. The third kappa shape index (κ3) is 11.1. The molecular weight excluding hydrogens is 884 g/mol. The smallest absolute Gasteiger partial charge is 0.132 e. The first-order chi connectivity index (χ1) is 30.1. The fraction of sp³-hybridized carbons (Fsp3) is 0.115. The van der Waals surface area contributed by atoms with Gasteiger partial charge in [0.05, 0.1) is 12.1 Å². The van der Waals surface area contributed by atoms with E-state index in [1.54, 1.807) is 0 Å². The van der Waals surface area contributed by atoms with E-state index in [1.807, 2.05) is 109 Å². The van der Waals surface area contributed by atoms with Gasteiger partial charge in [-0.05, 0) is 79.9 Å². The number of phenols is 2. The summed E-state index contributed by atoms with van der Waals surface area (Å²) < 4.78 is 59.2. The molecule has 327 valence electrons. The molecule has 0 bridgehead atoms. The average Bonchev–Trinajstić information content (AvgIpc) is 3.27. The van der Waals surface area contributed by atoms with Crippen molar-refractivity contribution >= 4 is 41.8 Å². The Balaban J connectivity index is 0.000000709. The van der Waals surface area contributed by atoms with Crippen molar-refractivity contribution in [2.75, 3.05) is 0 Å². The number of halogens is 6. The van der Waals surface area contributed by atoms with Gasteiger partial charge in [0.1, 0.15) is 11.5 Å². The molecule has 8 aromatic carbocycles. The Morgan fingerprint density at radius 3 is 1.12 bits per heavy atom. The van der Waals surface area contributed by atoms with Crippen LogP contribution in [0, 0.1) is 0 Å². The van der Waals surface area contributed by atoms with Crippen LogP contribution in [-0.4, -0.2) is 34.7 Å². The van der Waals surface area contributed by atoms with E-state index in [1.165, 1.54) is 0 Å². The first-order valence-corrected chi connectivity index (χ1v) is 22.5. The zero-order valence-electron chi connectivity index (χ0n) is 34.2. The first-order valence-electron chi connectivity index (χ1n) is 20.5. The van der Waals surface area contributed by atoms with Gasteiger partial charge >= 0.3 is 33.0 Å². The monoisotopic (exact) mass is 926 g/mol. The molecule has 1 saturated carbocycles. The molecule has 1 aliphatic carbocycles.